The lowest BCUT2D eigenvalue weighted by Gasteiger charge is -2.09. The maximum Gasteiger partial charge on any atom is 0.294 e. The molecule has 4 rings (SSSR count). The van der Waals surface area contributed by atoms with Crippen LogP contribution in [0.3, 0.4) is 0 Å². The molecule has 8 heteroatoms. The number of nitrogens with zero attached hydrogens (tertiary/aromatic N) is 3. The van der Waals surface area contributed by atoms with Gasteiger partial charge in [0.25, 0.3) is 5.56 Å². The van der Waals surface area contributed by atoms with E-state index in [2.05, 4.69) is 15.4 Å². The molecule has 0 spiro atoms. The Kier molecular flexibility index (Phi) is 5.17. The van der Waals surface area contributed by atoms with Gasteiger partial charge in [0.05, 0.1) is 9.71 Å². The number of carbonyl (C=O) groups excluding carboxylic acids is 1. The lowest BCUT2D eigenvalue weighted by Crippen LogP contribution is -2.30. The number of nitrogens with one attached hydrogen (secondary N) is 1. The summed E-state index contributed by atoms with van der Waals surface area (Å²) in [5.74, 6) is -0.358. The summed E-state index contributed by atoms with van der Waals surface area (Å²) in [6, 6.07) is 14.6. The van der Waals surface area contributed by atoms with E-state index in [-0.39, 0.29) is 18.0 Å². The average molecular weight is 425 g/mol. The fourth-order valence-corrected chi connectivity index (χ4v) is 3.99. The van der Waals surface area contributed by atoms with Crippen LogP contribution in [0, 0.1) is 13.8 Å². The molecule has 1 N–H and O–H groups in total. The molecule has 0 fully saturated rings. The molecule has 6 nitrogen and oxygen atoms in total. The number of benzene rings is 2. The van der Waals surface area contributed by atoms with Crippen molar-refractivity contribution in [3.05, 3.63) is 74.5 Å². The van der Waals surface area contributed by atoms with Gasteiger partial charge in [-0.3, -0.25) is 9.59 Å². The normalized spacial score (nSPS) is 11.0. The minimum Gasteiger partial charge on any atom is -0.324 e. The molecule has 2 aromatic heterocycles. The predicted octanol–water partition coefficient (Wildman–Crippen LogP) is 4.43. The van der Waals surface area contributed by atoms with Crippen LogP contribution >= 0.6 is 22.9 Å². The highest BCUT2D eigenvalue weighted by Gasteiger charge is 2.18. The molecule has 2 heterocycles. The predicted molar refractivity (Wildman–Crippen MR) is 117 cm³/mol. The van der Waals surface area contributed by atoms with E-state index < -0.39 is 0 Å². The standard InChI is InChI=1S/C21H17ClN4O2S/c1-12-3-5-14(6-4-12)18-20-19(23-13(2)29-20)21(28)26(25-18)11-17(27)24-16-9-7-15(22)8-10-16/h3-10H,11H2,1-2H3,(H,24,27). The first kappa shape index (κ1) is 19.3. The van der Waals surface area contributed by atoms with Gasteiger partial charge in [0.15, 0.2) is 5.52 Å². The molecule has 0 unspecified atom stereocenters. The summed E-state index contributed by atoms with van der Waals surface area (Å²) in [4.78, 5) is 29.7. The van der Waals surface area contributed by atoms with Crippen LogP contribution in [-0.4, -0.2) is 20.7 Å². The van der Waals surface area contributed by atoms with Crippen molar-refractivity contribution in [2.75, 3.05) is 5.32 Å². The lowest BCUT2D eigenvalue weighted by atomic mass is 10.1. The van der Waals surface area contributed by atoms with E-state index in [1.54, 1.807) is 24.3 Å². The largest absolute Gasteiger partial charge is 0.324 e. The fraction of sp³-hybridized carbons (Fsp3) is 0.143. The highest BCUT2D eigenvalue weighted by Crippen LogP contribution is 2.29. The van der Waals surface area contributed by atoms with Gasteiger partial charge in [0.1, 0.15) is 12.2 Å². The van der Waals surface area contributed by atoms with E-state index >= 15 is 0 Å². The van der Waals surface area contributed by atoms with Gasteiger partial charge in [0.2, 0.25) is 5.91 Å². The Labute approximate surface area is 175 Å². The van der Waals surface area contributed by atoms with E-state index in [1.165, 1.54) is 16.0 Å². The fourth-order valence-electron chi connectivity index (χ4n) is 2.94. The Balaban J connectivity index is 1.73. The van der Waals surface area contributed by atoms with Gasteiger partial charge < -0.3 is 5.32 Å². The number of thiazole rings is 1. The summed E-state index contributed by atoms with van der Waals surface area (Å²) in [6.45, 7) is 3.64. The van der Waals surface area contributed by atoms with Gasteiger partial charge in [-0.05, 0) is 38.1 Å². The number of hydrogen-bond acceptors (Lipinski definition) is 5. The van der Waals surface area contributed by atoms with Gasteiger partial charge in [-0.15, -0.1) is 11.3 Å². The number of fused-ring (bicyclic) bond motifs is 1. The van der Waals surface area contributed by atoms with Crippen LogP contribution in [0.2, 0.25) is 5.02 Å². The van der Waals surface area contributed by atoms with Crippen molar-refractivity contribution in [2.24, 2.45) is 0 Å². The number of aromatic nitrogens is 3. The summed E-state index contributed by atoms with van der Waals surface area (Å²) < 4.78 is 1.90. The first-order valence-electron chi connectivity index (χ1n) is 8.91. The number of amides is 1. The van der Waals surface area contributed by atoms with Crippen LogP contribution in [0.1, 0.15) is 10.6 Å². The van der Waals surface area contributed by atoms with Gasteiger partial charge >= 0.3 is 0 Å². The maximum atomic E-state index is 12.9. The summed E-state index contributed by atoms with van der Waals surface area (Å²) in [7, 11) is 0. The highest BCUT2D eigenvalue weighted by molar-refractivity contribution is 7.19. The molecule has 0 aliphatic heterocycles. The van der Waals surface area contributed by atoms with Gasteiger partial charge in [-0.1, -0.05) is 41.4 Å². The van der Waals surface area contributed by atoms with E-state index in [1.807, 2.05) is 38.1 Å². The molecule has 29 heavy (non-hydrogen) atoms. The number of anilines is 1. The Morgan fingerprint density at radius 3 is 2.48 bits per heavy atom. The van der Waals surface area contributed by atoms with Crippen LogP contribution in [-0.2, 0) is 11.3 Å². The van der Waals surface area contributed by atoms with Gasteiger partial charge in [-0.25, -0.2) is 9.67 Å². The number of hydrogen-bond donors (Lipinski definition) is 1. The molecule has 0 saturated heterocycles. The lowest BCUT2D eigenvalue weighted by molar-refractivity contribution is -0.117. The molecular formula is C21H17ClN4O2S. The van der Waals surface area contributed by atoms with Crippen LogP contribution in [0.4, 0.5) is 5.69 Å². The molecule has 0 saturated carbocycles. The third kappa shape index (κ3) is 4.06. The average Bonchev–Trinajstić information content (AvgIpc) is 3.09. The molecule has 1 amide bonds. The SMILES string of the molecule is Cc1ccc(-c2nn(CC(=O)Nc3ccc(Cl)cc3)c(=O)c3nc(C)sc23)cc1. The molecule has 146 valence electrons. The van der Waals surface area contributed by atoms with Crippen molar-refractivity contribution in [3.8, 4) is 11.3 Å². The highest BCUT2D eigenvalue weighted by atomic mass is 35.5. The number of aryl methyl sites for hydroxylation is 2. The van der Waals surface area contributed by atoms with Crippen molar-refractivity contribution in [1.29, 1.82) is 0 Å². The minimum atomic E-state index is -0.383. The Bertz CT molecular complexity index is 1260. The zero-order valence-corrected chi connectivity index (χ0v) is 17.3. The zero-order chi connectivity index (χ0) is 20.5. The second-order valence-electron chi connectivity index (χ2n) is 6.64. The van der Waals surface area contributed by atoms with Crippen molar-refractivity contribution in [2.45, 2.75) is 20.4 Å². The molecule has 0 atom stereocenters. The second-order valence-corrected chi connectivity index (χ2v) is 8.28. The summed E-state index contributed by atoms with van der Waals surface area (Å²) in [6.07, 6.45) is 0. The smallest absolute Gasteiger partial charge is 0.294 e. The van der Waals surface area contributed by atoms with Crippen LogP contribution in [0.25, 0.3) is 21.5 Å². The monoisotopic (exact) mass is 424 g/mol. The van der Waals surface area contributed by atoms with Crippen molar-refractivity contribution in [1.82, 2.24) is 14.8 Å². The first-order valence-corrected chi connectivity index (χ1v) is 10.1. The summed E-state index contributed by atoms with van der Waals surface area (Å²) in [5, 5.41) is 8.60. The molecule has 0 bridgehead atoms. The first-order chi connectivity index (χ1) is 13.9. The van der Waals surface area contributed by atoms with Crippen molar-refractivity contribution < 1.29 is 4.79 Å². The van der Waals surface area contributed by atoms with Gasteiger partial charge in [0, 0.05) is 16.3 Å². The number of halogens is 1. The van der Waals surface area contributed by atoms with E-state index in [0.29, 0.717) is 21.9 Å². The topological polar surface area (TPSA) is 76.9 Å². The van der Waals surface area contributed by atoms with Crippen molar-refractivity contribution >= 4 is 44.7 Å². The van der Waals surface area contributed by atoms with Crippen LogP contribution < -0.4 is 10.9 Å². The zero-order valence-electron chi connectivity index (χ0n) is 15.8. The number of carbonyl (C=O) groups is 1. The van der Waals surface area contributed by atoms with E-state index in [0.717, 1.165) is 20.8 Å². The second kappa shape index (κ2) is 7.77. The molecular weight excluding hydrogens is 408 g/mol. The van der Waals surface area contributed by atoms with Gasteiger partial charge in [-0.2, -0.15) is 5.10 Å². The quantitative estimate of drug-likeness (QED) is 0.525. The molecule has 2 aromatic carbocycles. The molecule has 0 aliphatic rings. The maximum absolute atomic E-state index is 12.9. The molecule has 4 aromatic rings. The Morgan fingerprint density at radius 1 is 1.10 bits per heavy atom. The third-order valence-electron chi connectivity index (χ3n) is 4.35. The van der Waals surface area contributed by atoms with Crippen LogP contribution in [0.15, 0.2) is 53.3 Å². The molecule has 0 radical (unpaired) electrons. The Hall–Kier alpha value is -3.03. The minimum absolute atomic E-state index is 0.215. The third-order valence-corrected chi connectivity index (χ3v) is 5.58. The summed E-state index contributed by atoms with van der Waals surface area (Å²) >= 11 is 7.29. The Morgan fingerprint density at radius 2 is 1.79 bits per heavy atom. The van der Waals surface area contributed by atoms with Crippen molar-refractivity contribution in [3.63, 3.8) is 0 Å². The number of rotatable bonds is 4. The van der Waals surface area contributed by atoms with E-state index in [9.17, 15) is 9.59 Å². The van der Waals surface area contributed by atoms with Crippen LogP contribution in [0.5, 0.6) is 0 Å². The van der Waals surface area contributed by atoms with E-state index in [4.69, 9.17) is 11.6 Å². The molecule has 0 aliphatic carbocycles. The summed E-state index contributed by atoms with van der Waals surface area (Å²) in [5.41, 5.74) is 3.18.